The summed E-state index contributed by atoms with van der Waals surface area (Å²) < 4.78 is 5.11. The molecule has 2 aromatic carbocycles. The van der Waals surface area contributed by atoms with E-state index in [0.29, 0.717) is 28.4 Å². The predicted octanol–water partition coefficient (Wildman–Crippen LogP) is 4.16. The summed E-state index contributed by atoms with van der Waals surface area (Å²) in [5.41, 5.74) is 2.24. The molecule has 1 aromatic heterocycles. The maximum Gasteiger partial charge on any atom is 0.257 e. The third-order valence-electron chi connectivity index (χ3n) is 3.69. The standard InChI is InChI=1S/C19H16N4O3/c1-26-18-10-8-17(9-11-18)23(22-25)16-6-4-15(5-7-16)21-19(24)14-3-2-12-20-13-14/h2-13H,1H3,(H,21,24). The topological polar surface area (TPSA) is 83.9 Å². The SMILES string of the molecule is COc1ccc(N(N=O)c2ccc(NC(=O)c3cccnc3)cc2)cc1. The average Bonchev–Trinajstić information content (AvgIpc) is 2.71. The van der Waals surface area contributed by atoms with Crippen LogP contribution in [0.5, 0.6) is 5.75 Å². The van der Waals surface area contributed by atoms with Crippen molar-refractivity contribution in [2.24, 2.45) is 5.29 Å². The molecule has 3 aromatic rings. The fraction of sp³-hybridized carbons (Fsp3) is 0.0526. The lowest BCUT2D eigenvalue weighted by Crippen LogP contribution is -2.12. The van der Waals surface area contributed by atoms with Crippen molar-refractivity contribution in [1.82, 2.24) is 4.98 Å². The molecule has 3 rings (SSSR count). The minimum Gasteiger partial charge on any atom is -0.497 e. The number of anilines is 3. The van der Waals surface area contributed by atoms with E-state index in [0.717, 1.165) is 0 Å². The van der Waals surface area contributed by atoms with Crippen LogP contribution in [0.4, 0.5) is 17.1 Å². The Morgan fingerprint density at radius 2 is 1.69 bits per heavy atom. The summed E-state index contributed by atoms with van der Waals surface area (Å²) in [6, 6.07) is 17.1. The summed E-state index contributed by atoms with van der Waals surface area (Å²) >= 11 is 0. The van der Waals surface area contributed by atoms with Crippen molar-refractivity contribution >= 4 is 23.0 Å². The molecular weight excluding hydrogens is 332 g/mol. The number of nitrogens with zero attached hydrogens (tertiary/aromatic N) is 3. The number of ether oxygens (including phenoxy) is 1. The van der Waals surface area contributed by atoms with Crippen molar-refractivity contribution in [3.63, 3.8) is 0 Å². The molecule has 0 radical (unpaired) electrons. The molecule has 1 amide bonds. The molecule has 0 spiro atoms. The van der Waals surface area contributed by atoms with Crippen molar-refractivity contribution in [3.8, 4) is 5.75 Å². The van der Waals surface area contributed by atoms with Gasteiger partial charge in [-0.2, -0.15) is 5.01 Å². The molecule has 0 saturated heterocycles. The molecule has 0 fully saturated rings. The van der Waals surface area contributed by atoms with Gasteiger partial charge in [-0.05, 0) is 60.7 Å². The number of carbonyl (C=O) groups excluding carboxylic acids is 1. The summed E-state index contributed by atoms with van der Waals surface area (Å²) in [6.07, 6.45) is 3.09. The van der Waals surface area contributed by atoms with Gasteiger partial charge in [0.1, 0.15) is 5.75 Å². The van der Waals surface area contributed by atoms with E-state index in [-0.39, 0.29) is 5.91 Å². The highest BCUT2D eigenvalue weighted by Crippen LogP contribution is 2.28. The molecule has 7 heteroatoms. The molecule has 7 nitrogen and oxygen atoms in total. The van der Waals surface area contributed by atoms with Gasteiger partial charge in [0.2, 0.25) is 0 Å². The molecule has 130 valence electrons. The van der Waals surface area contributed by atoms with E-state index in [9.17, 15) is 9.70 Å². The lowest BCUT2D eigenvalue weighted by molar-refractivity contribution is 0.102. The number of amides is 1. The van der Waals surface area contributed by atoms with Gasteiger partial charge >= 0.3 is 0 Å². The van der Waals surface area contributed by atoms with E-state index >= 15 is 0 Å². The van der Waals surface area contributed by atoms with Crippen LogP contribution in [0.15, 0.2) is 78.3 Å². The molecular formula is C19H16N4O3. The Morgan fingerprint density at radius 1 is 1.04 bits per heavy atom. The number of hydrogen-bond donors (Lipinski definition) is 1. The molecule has 0 saturated carbocycles. The molecule has 0 aliphatic heterocycles. The maximum atomic E-state index is 12.1. The molecule has 0 aliphatic rings. The third-order valence-corrected chi connectivity index (χ3v) is 3.69. The quantitative estimate of drug-likeness (QED) is 0.534. The molecule has 0 atom stereocenters. The zero-order valence-corrected chi connectivity index (χ0v) is 14.0. The normalized spacial score (nSPS) is 10.0. The highest BCUT2D eigenvalue weighted by atomic mass is 16.5. The number of nitrogens with one attached hydrogen (secondary N) is 1. The predicted molar refractivity (Wildman–Crippen MR) is 99.6 cm³/mol. The maximum absolute atomic E-state index is 12.1. The van der Waals surface area contributed by atoms with Gasteiger partial charge in [0.25, 0.3) is 5.91 Å². The first-order valence-corrected chi connectivity index (χ1v) is 7.80. The first-order chi connectivity index (χ1) is 12.7. The van der Waals surface area contributed by atoms with Crippen LogP contribution in [0.2, 0.25) is 0 Å². The van der Waals surface area contributed by atoms with Crippen molar-refractivity contribution in [1.29, 1.82) is 0 Å². The van der Waals surface area contributed by atoms with Crippen molar-refractivity contribution in [2.45, 2.75) is 0 Å². The second kappa shape index (κ2) is 7.89. The fourth-order valence-corrected chi connectivity index (χ4v) is 2.35. The molecule has 1 heterocycles. The van der Waals surface area contributed by atoms with Gasteiger partial charge in [-0.1, -0.05) is 0 Å². The van der Waals surface area contributed by atoms with Crippen LogP contribution in [-0.4, -0.2) is 18.0 Å². The van der Waals surface area contributed by atoms with E-state index < -0.39 is 0 Å². The number of nitroso groups, excluding NO2 is 1. The summed E-state index contributed by atoms with van der Waals surface area (Å²) in [7, 11) is 1.57. The smallest absolute Gasteiger partial charge is 0.257 e. The minimum atomic E-state index is -0.258. The van der Waals surface area contributed by atoms with Crippen molar-refractivity contribution in [3.05, 3.63) is 83.5 Å². The summed E-state index contributed by atoms with van der Waals surface area (Å²) in [5.74, 6) is 0.430. The lowest BCUT2D eigenvalue weighted by atomic mass is 10.2. The number of rotatable bonds is 6. The second-order valence-electron chi connectivity index (χ2n) is 5.33. The highest BCUT2D eigenvalue weighted by Gasteiger charge is 2.11. The van der Waals surface area contributed by atoms with E-state index in [1.54, 1.807) is 74.0 Å². The fourth-order valence-electron chi connectivity index (χ4n) is 2.35. The Bertz CT molecular complexity index is 881. The molecule has 26 heavy (non-hydrogen) atoms. The van der Waals surface area contributed by atoms with E-state index in [1.807, 2.05) is 0 Å². The number of hydrogen-bond acceptors (Lipinski definition) is 5. The van der Waals surface area contributed by atoms with E-state index in [2.05, 4.69) is 15.6 Å². The van der Waals surface area contributed by atoms with Gasteiger partial charge in [0, 0.05) is 18.1 Å². The van der Waals surface area contributed by atoms with Gasteiger partial charge in [-0.25, -0.2) is 0 Å². The van der Waals surface area contributed by atoms with Crippen LogP contribution in [0.3, 0.4) is 0 Å². The third kappa shape index (κ3) is 3.84. The van der Waals surface area contributed by atoms with Crippen LogP contribution < -0.4 is 15.1 Å². The van der Waals surface area contributed by atoms with E-state index in [1.165, 1.54) is 11.2 Å². The van der Waals surface area contributed by atoms with Crippen LogP contribution in [0, 0.1) is 4.91 Å². The van der Waals surface area contributed by atoms with Gasteiger partial charge < -0.3 is 10.1 Å². The zero-order valence-electron chi connectivity index (χ0n) is 14.0. The number of benzene rings is 2. The van der Waals surface area contributed by atoms with Crippen LogP contribution in [0.1, 0.15) is 10.4 Å². The molecule has 0 bridgehead atoms. The van der Waals surface area contributed by atoms with Gasteiger partial charge in [0.05, 0.1) is 29.3 Å². The zero-order chi connectivity index (χ0) is 18.4. The Kier molecular flexibility index (Phi) is 5.19. The lowest BCUT2D eigenvalue weighted by Gasteiger charge is -2.16. The van der Waals surface area contributed by atoms with Crippen molar-refractivity contribution < 1.29 is 9.53 Å². The Hall–Kier alpha value is -3.74. The Morgan fingerprint density at radius 3 is 2.23 bits per heavy atom. The van der Waals surface area contributed by atoms with Gasteiger partial charge in [0.15, 0.2) is 0 Å². The monoisotopic (exact) mass is 348 g/mol. The summed E-state index contributed by atoms with van der Waals surface area (Å²) in [4.78, 5) is 27.3. The first kappa shape index (κ1) is 17.1. The largest absolute Gasteiger partial charge is 0.497 e. The van der Waals surface area contributed by atoms with Gasteiger partial charge in [-0.15, -0.1) is 4.91 Å². The van der Waals surface area contributed by atoms with Crippen LogP contribution in [-0.2, 0) is 0 Å². The summed E-state index contributed by atoms with van der Waals surface area (Å²) in [6.45, 7) is 0. The highest BCUT2D eigenvalue weighted by molar-refractivity contribution is 6.04. The second-order valence-corrected chi connectivity index (χ2v) is 5.33. The number of aromatic nitrogens is 1. The Balaban J connectivity index is 1.75. The van der Waals surface area contributed by atoms with Crippen LogP contribution in [0.25, 0.3) is 0 Å². The number of carbonyl (C=O) groups is 1. The van der Waals surface area contributed by atoms with Gasteiger partial charge in [-0.3, -0.25) is 9.78 Å². The number of methoxy groups -OCH3 is 1. The Labute approximate surface area is 150 Å². The first-order valence-electron chi connectivity index (χ1n) is 7.80. The molecule has 0 unspecified atom stereocenters. The average molecular weight is 348 g/mol. The number of pyridine rings is 1. The molecule has 1 N–H and O–H groups in total. The molecule has 0 aliphatic carbocycles. The van der Waals surface area contributed by atoms with E-state index in [4.69, 9.17) is 4.74 Å². The summed E-state index contributed by atoms with van der Waals surface area (Å²) in [5, 5.41) is 7.10. The minimum absolute atomic E-state index is 0.258. The van der Waals surface area contributed by atoms with Crippen LogP contribution >= 0.6 is 0 Å². The van der Waals surface area contributed by atoms with Crippen molar-refractivity contribution in [2.75, 3.05) is 17.4 Å².